The second kappa shape index (κ2) is 8.32. The maximum atomic E-state index is 13.6. The van der Waals surface area contributed by atoms with Crippen LogP contribution in [0.3, 0.4) is 0 Å². The van der Waals surface area contributed by atoms with Crippen molar-refractivity contribution in [2.24, 2.45) is 0 Å². The number of benzene rings is 2. The summed E-state index contributed by atoms with van der Waals surface area (Å²) in [6.07, 6.45) is 0.361. The first-order valence-electron chi connectivity index (χ1n) is 8.69. The van der Waals surface area contributed by atoms with Crippen molar-refractivity contribution in [2.45, 2.75) is 34.8 Å². The molecule has 2 amide bonds. The Balaban J connectivity index is 1.68. The third kappa shape index (κ3) is 4.53. The minimum absolute atomic E-state index is 0.00361. The summed E-state index contributed by atoms with van der Waals surface area (Å²) in [6.45, 7) is 1.91. The molecule has 2 aromatic rings. The highest BCUT2D eigenvalue weighted by Crippen LogP contribution is 2.38. The molecule has 0 spiro atoms. The maximum absolute atomic E-state index is 13.6. The van der Waals surface area contributed by atoms with Crippen LogP contribution in [0.2, 0.25) is 0 Å². The van der Waals surface area contributed by atoms with Crippen LogP contribution in [0.25, 0.3) is 0 Å². The minimum atomic E-state index is -3.74. The Morgan fingerprint density at radius 1 is 1.25 bits per heavy atom. The fraction of sp³-hybridized carbons (Fsp3) is 0.263. The van der Waals surface area contributed by atoms with Gasteiger partial charge in [0.05, 0.1) is 27.3 Å². The molecular formula is C19H19FN2O4S2. The van der Waals surface area contributed by atoms with Gasteiger partial charge < -0.3 is 10.6 Å². The van der Waals surface area contributed by atoms with Crippen molar-refractivity contribution < 1.29 is 22.4 Å². The first kappa shape index (κ1) is 20.3. The molecular weight excluding hydrogens is 403 g/mol. The van der Waals surface area contributed by atoms with Gasteiger partial charge in [-0.25, -0.2) is 12.8 Å². The average Bonchev–Trinajstić information content (AvgIpc) is 2.67. The van der Waals surface area contributed by atoms with Crippen molar-refractivity contribution >= 4 is 44.8 Å². The van der Waals surface area contributed by atoms with Crippen LogP contribution >= 0.6 is 11.8 Å². The summed E-state index contributed by atoms with van der Waals surface area (Å²) < 4.78 is 38.7. The molecule has 1 aliphatic rings. The van der Waals surface area contributed by atoms with E-state index >= 15 is 0 Å². The van der Waals surface area contributed by atoms with Crippen molar-refractivity contribution in [3.05, 3.63) is 48.3 Å². The van der Waals surface area contributed by atoms with Gasteiger partial charge in [0, 0.05) is 11.3 Å². The van der Waals surface area contributed by atoms with E-state index < -0.39 is 27.3 Å². The molecule has 0 unspecified atom stereocenters. The van der Waals surface area contributed by atoms with Gasteiger partial charge in [-0.15, -0.1) is 11.8 Å². The van der Waals surface area contributed by atoms with Gasteiger partial charge in [0.1, 0.15) is 5.82 Å². The van der Waals surface area contributed by atoms with Crippen LogP contribution in [0.4, 0.5) is 15.8 Å². The number of halogens is 1. The lowest BCUT2D eigenvalue weighted by Crippen LogP contribution is -2.28. The quantitative estimate of drug-likeness (QED) is 0.744. The van der Waals surface area contributed by atoms with Crippen molar-refractivity contribution in [1.82, 2.24) is 0 Å². The maximum Gasteiger partial charge on any atom is 0.237 e. The van der Waals surface area contributed by atoms with E-state index in [1.807, 2.05) is 6.92 Å². The normalized spacial score (nSPS) is 16.2. The van der Waals surface area contributed by atoms with Gasteiger partial charge in [-0.2, -0.15) is 0 Å². The first-order chi connectivity index (χ1) is 13.3. The Hall–Kier alpha value is -2.39. The molecule has 0 saturated heterocycles. The molecule has 0 radical (unpaired) electrons. The standard InChI is InChI=1S/C19H19FN2O4S2/c1-2-16-19(24)22-15-11-12(7-8-17(15)27-16)28(25,26)10-9-18(23)21-14-6-4-3-5-13(14)20/h3-8,11,16H,2,9-10H2,1H3,(H,21,23)(H,22,24)/t16-/m0/s1. The number of rotatable bonds is 6. The summed E-state index contributed by atoms with van der Waals surface area (Å²) in [4.78, 5) is 24.8. The van der Waals surface area contributed by atoms with E-state index in [9.17, 15) is 22.4 Å². The number of anilines is 2. The lowest BCUT2D eigenvalue weighted by Gasteiger charge is -2.23. The van der Waals surface area contributed by atoms with Crippen LogP contribution in [0, 0.1) is 5.82 Å². The van der Waals surface area contributed by atoms with Gasteiger partial charge in [0.15, 0.2) is 9.84 Å². The molecule has 1 heterocycles. The topological polar surface area (TPSA) is 92.3 Å². The number of hydrogen-bond donors (Lipinski definition) is 2. The number of fused-ring (bicyclic) bond motifs is 1. The van der Waals surface area contributed by atoms with Crippen molar-refractivity contribution in [2.75, 3.05) is 16.4 Å². The molecule has 9 heteroatoms. The highest BCUT2D eigenvalue weighted by molar-refractivity contribution is 8.01. The van der Waals surface area contributed by atoms with E-state index in [2.05, 4.69) is 10.6 Å². The first-order valence-corrected chi connectivity index (χ1v) is 11.2. The van der Waals surface area contributed by atoms with Crippen LogP contribution in [-0.4, -0.2) is 31.2 Å². The van der Waals surface area contributed by atoms with E-state index in [4.69, 9.17) is 0 Å². The van der Waals surface area contributed by atoms with Crippen molar-refractivity contribution in [1.29, 1.82) is 0 Å². The van der Waals surface area contributed by atoms with Crippen LogP contribution in [0.15, 0.2) is 52.3 Å². The molecule has 1 aliphatic heterocycles. The number of thioether (sulfide) groups is 1. The lowest BCUT2D eigenvalue weighted by molar-refractivity contribution is -0.116. The number of sulfone groups is 1. The number of nitrogens with one attached hydrogen (secondary N) is 2. The number of hydrogen-bond acceptors (Lipinski definition) is 5. The zero-order chi connectivity index (χ0) is 20.3. The van der Waals surface area contributed by atoms with Gasteiger partial charge >= 0.3 is 0 Å². The van der Waals surface area contributed by atoms with Crippen LogP contribution in [0.5, 0.6) is 0 Å². The van der Waals surface area contributed by atoms with Gasteiger partial charge in [-0.1, -0.05) is 19.1 Å². The summed E-state index contributed by atoms with van der Waals surface area (Å²) >= 11 is 1.40. The van der Waals surface area contributed by atoms with Gasteiger partial charge in [0.2, 0.25) is 11.8 Å². The number of carbonyl (C=O) groups is 2. The zero-order valence-corrected chi connectivity index (χ0v) is 16.7. The Kier molecular flexibility index (Phi) is 6.04. The molecule has 0 fully saturated rings. The summed E-state index contributed by atoms with van der Waals surface area (Å²) in [6, 6.07) is 10.2. The van der Waals surface area contributed by atoms with Gasteiger partial charge in [-0.05, 0) is 36.8 Å². The fourth-order valence-electron chi connectivity index (χ4n) is 2.71. The zero-order valence-electron chi connectivity index (χ0n) is 15.1. The Morgan fingerprint density at radius 3 is 2.71 bits per heavy atom. The number of amides is 2. The van der Waals surface area contributed by atoms with E-state index in [0.717, 1.165) is 4.90 Å². The second-order valence-electron chi connectivity index (χ2n) is 6.26. The van der Waals surface area contributed by atoms with Crippen molar-refractivity contribution in [3.63, 3.8) is 0 Å². The van der Waals surface area contributed by atoms with Gasteiger partial charge in [-0.3, -0.25) is 9.59 Å². The third-order valence-electron chi connectivity index (χ3n) is 4.25. The highest BCUT2D eigenvalue weighted by atomic mass is 32.2. The summed E-state index contributed by atoms with van der Waals surface area (Å²) in [5, 5.41) is 4.90. The Labute approximate surface area is 166 Å². The number of carbonyl (C=O) groups excluding carboxylic acids is 2. The van der Waals surface area contributed by atoms with E-state index in [1.54, 1.807) is 12.1 Å². The van der Waals surface area contributed by atoms with E-state index in [0.29, 0.717) is 12.1 Å². The lowest BCUT2D eigenvalue weighted by atomic mass is 10.2. The van der Waals surface area contributed by atoms with E-state index in [-0.39, 0.29) is 28.2 Å². The Bertz CT molecular complexity index is 1020. The minimum Gasteiger partial charge on any atom is -0.324 e. The molecule has 0 bridgehead atoms. The van der Waals surface area contributed by atoms with Crippen LogP contribution in [0.1, 0.15) is 19.8 Å². The summed E-state index contributed by atoms with van der Waals surface area (Å²) in [5.41, 5.74) is 0.459. The predicted molar refractivity (Wildman–Crippen MR) is 107 cm³/mol. The third-order valence-corrected chi connectivity index (χ3v) is 7.40. The molecule has 28 heavy (non-hydrogen) atoms. The molecule has 2 aromatic carbocycles. The molecule has 0 aromatic heterocycles. The second-order valence-corrected chi connectivity index (χ2v) is 9.61. The SMILES string of the molecule is CC[C@@H]1Sc2ccc(S(=O)(=O)CCC(=O)Nc3ccccc3F)cc2NC1=O. The number of para-hydroxylation sites is 1. The summed E-state index contributed by atoms with van der Waals surface area (Å²) in [5.74, 6) is -1.77. The van der Waals surface area contributed by atoms with E-state index in [1.165, 1.54) is 42.1 Å². The molecule has 148 valence electrons. The van der Waals surface area contributed by atoms with Crippen LogP contribution in [-0.2, 0) is 19.4 Å². The highest BCUT2D eigenvalue weighted by Gasteiger charge is 2.27. The molecule has 1 atom stereocenters. The monoisotopic (exact) mass is 422 g/mol. The Morgan fingerprint density at radius 2 is 2.00 bits per heavy atom. The average molecular weight is 423 g/mol. The van der Waals surface area contributed by atoms with Crippen molar-refractivity contribution in [3.8, 4) is 0 Å². The summed E-state index contributed by atoms with van der Waals surface area (Å²) in [7, 11) is -3.74. The predicted octanol–water partition coefficient (Wildman–Crippen LogP) is 3.45. The molecule has 0 aliphatic carbocycles. The molecule has 6 nitrogen and oxygen atoms in total. The largest absolute Gasteiger partial charge is 0.324 e. The molecule has 3 rings (SSSR count). The molecule has 0 saturated carbocycles. The van der Waals surface area contributed by atoms with Crippen LogP contribution < -0.4 is 10.6 Å². The van der Waals surface area contributed by atoms with Gasteiger partial charge in [0.25, 0.3) is 0 Å². The smallest absolute Gasteiger partial charge is 0.237 e. The molecule has 2 N–H and O–H groups in total. The fourth-order valence-corrected chi connectivity index (χ4v) is 5.00.